The summed E-state index contributed by atoms with van der Waals surface area (Å²) in [7, 11) is 0. The Morgan fingerprint density at radius 1 is 1.18 bits per heavy atom. The molecule has 0 aliphatic carbocycles. The minimum atomic E-state index is -1.07. The van der Waals surface area contributed by atoms with Crippen molar-refractivity contribution in [3.8, 4) is 5.69 Å². The van der Waals surface area contributed by atoms with Gasteiger partial charge < -0.3 is 10.4 Å². The van der Waals surface area contributed by atoms with Crippen LogP contribution in [0.3, 0.4) is 0 Å². The molecule has 1 heterocycles. The molecule has 146 valence electrons. The van der Waals surface area contributed by atoms with Crippen molar-refractivity contribution < 1.29 is 14.7 Å². The molecule has 0 radical (unpaired) electrons. The van der Waals surface area contributed by atoms with E-state index in [4.69, 9.17) is 5.11 Å². The van der Waals surface area contributed by atoms with Gasteiger partial charge in [0.1, 0.15) is 6.04 Å². The van der Waals surface area contributed by atoms with Crippen molar-refractivity contribution in [3.63, 3.8) is 0 Å². The second kappa shape index (κ2) is 7.67. The number of hydrogen-bond acceptors (Lipinski definition) is 4. The number of carbonyl (C=O) groups excluding carboxylic acids is 1. The predicted molar refractivity (Wildman–Crippen MR) is 111 cm³/mol. The van der Waals surface area contributed by atoms with Crippen LogP contribution in [0.5, 0.6) is 0 Å². The van der Waals surface area contributed by atoms with Gasteiger partial charge in [-0.1, -0.05) is 48.2 Å². The summed E-state index contributed by atoms with van der Waals surface area (Å²) < 4.78 is 1.13. The van der Waals surface area contributed by atoms with E-state index >= 15 is 0 Å². The lowest BCUT2D eigenvalue weighted by Gasteiger charge is -2.24. The Bertz CT molecular complexity index is 1040. The van der Waals surface area contributed by atoms with Gasteiger partial charge in [0, 0.05) is 17.3 Å². The third kappa shape index (κ3) is 3.89. The lowest BCUT2D eigenvalue weighted by atomic mass is 10.1. The first-order valence-electron chi connectivity index (χ1n) is 8.96. The molecule has 6 nitrogen and oxygen atoms in total. The zero-order chi connectivity index (χ0) is 20.5. The summed E-state index contributed by atoms with van der Waals surface area (Å²) in [6.07, 6.45) is 1.78. The molecular weight excluding hydrogens is 374 g/mol. The molecule has 3 aromatic rings. The summed E-state index contributed by atoms with van der Waals surface area (Å²) in [5, 5.41) is 14.5. The van der Waals surface area contributed by atoms with Gasteiger partial charge in [0.15, 0.2) is 5.16 Å². The van der Waals surface area contributed by atoms with Crippen LogP contribution in [0.4, 0.5) is 0 Å². The number of carbonyl (C=O) groups is 2. The third-order valence-corrected chi connectivity index (χ3v) is 5.69. The Morgan fingerprint density at radius 2 is 1.86 bits per heavy atom. The van der Waals surface area contributed by atoms with Gasteiger partial charge in [-0.3, -0.25) is 14.2 Å². The molecule has 2 N–H and O–H groups in total. The first-order chi connectivity index (χ1) is 13.2. The third-order valence-electron chi connectivity index (χ3n) is 4.52. The highest BCUT2D eigenvalue weighted by Crippen LogP contribution is 2.35. The fourth-order valence-electron chi connectivity index (χ4n) is 2.89. The molecule has 0 saturated carbocycles. The highest BCUT2D eigenvalue weighted by atomic mass is 32.2. The number of carboxylic acids is 1. The second-order valence-corrected chi connectivity index (χ2v) is 8.75. The normalized spacial score (nSPS) is 12.7. The molecule has 0 aliphatic rings. The van der Waals surface area contributed by atoms with Gasteiger partial charge in [-0.25, -0.2) is 4.98 Å². The molecule has 1 unspecified atom stereocenters. The van der Waals surface area contributed by atoms with Crippen LogP contribution in [0, 0.1) is 6.92 Å². The summed E-state index contributed by atoms with van der Waals surface area (Å²) in [5.74, 6) is -1.42. The highest BCUT2D eigenvalue weighted by Gasteiger charge is 2.33. The smallest absolute Gasteiger partial charge is 0.325 e. The number of aryl methyl sites for hydroxylation is 1. The maximum absolute atomic E-state index is 12.6. The van der Waals surface area contributed by atoms with Crippen molar-refractivity contribution >= 4 is 34.4 Å². The van der Waals surface area contributed by atoms with Crippen molar-refractivity contribution in [1.82, 2.24) is 14.9 Å². The molecule has 0 fully saturated rings. The summed E-state index contributed by atoms with van der Waals surface area (Å²) >= 11 is 1.31. The summed E-state index contributed by atoms with van der Waals surface area (Å²) in [6.45, 7) is 6.94. The van der Waals surface area contributed by atoms with Crippen LogP contribution in [-0.2, 0) is 9.59 Å². The summed E-state index contributed by atoms with van der Waals surface area (Å²) in [6, 6.07) is 13.2. The number of aromatic nitrogens is 2. The number of nitrogens with zero attached hydrogens (tertiary/aromatic N) is 2. The monoisotopic (exact) mass is 397 g/mol. The van der Waals surface area contributed by atoms with E-state index in [2.05, 4.69) is 28.5 Å². The van der Waals surface area contributed by atoms with Crippen LogP contribution >= 0.6 is 11.8 Å². The van der Waals surface area contributed by atoms with Gasteiger partial charge in [0.25, 0.3) is 0 Å². The van der Waals surface area contributed by atoms with Crippen molar-refractivity contribution in [2.24, 2.45) is 0 Å². The topological polar surface area (TPSA) is 84.2 Å². The quantitative estimate of drug-likeness (QED) is 0.618. The van der Waals surface area contributed by atoms with Gasteiger partial charge >= 0.3 is 5.97 Å². The Hall–Kier alpha value is -2.80. The zero-order valence-corrected chi connectivity index (χ0v) is 17.1. The molecule has 1 aromatic heterocycles. The van der Waals surface area contributed by atoms with Crippen LogP contribution in [0.1, 0.15) is 26.5 Å². The van der Waals surface area contributed by atoms with Crippen LogP contribution < -0.4 is 5.32 Å². The number of carboxylic acid groups (broad SMARTS) is 1. The van der Waals surface area contributed by atoms with Crippen molar-refractivity contribution in [2.75, 3.05) is 0 Å². The minimum absolute atomic E-state index is 0.350. The minimum Gasteiger partial charge on any atom is -0.480 e. The average Bonchev–Trinajstić information content (AvgIpc) is 3.00. The van der Waals surface area contributed by atoms with Crippen LogP contribution in [0.2, 0.25) is 0 Å². The first kappa shape index (κ1) is 19.9. The van der Waals surface area contributed by atoms with Gasteiger partial charge in [-0.2, -0.15) is 0 Å². The van der Waals surface area contributed by atoms with Crippen LogP contribution in [0.15, 0.2) is 53.8 Å². The Morgan fingerprint density at radius 3 is 2.57 bits per heavy atom. The van der Waals surface area contributed by atoms with E-state index < -0.39 is 16.8 Å². The SMILES string of the molecule is Cc1cnc(SC(C)(C)C(=O)NC(C)C(=O)O)n1-c1cccc2ccccc12. The molecule has 1 amide bonds. The Labute approximate surface area is 168 Å². The number of thioether (sulfide) groups is 1. The molecule has 0 aliphatic heterocycles. The highest BCUT2D eigenvalue weighted by molar-refractivity contribution is 8.01. The van der Waals surface area contributed by atoms with E-state index in [0.29, 0.717) is 5.16 Å². The largest absolute Gasteiger partial charge is 0.480 e. The van der Waals surface area contributed by atoms with Crippen LogP contribution in [-0.4, -0.2) is 37.3 Å². The molecule has 1 atom stereocenters. The van der Waals surface area contributed by atoms with E-state index in [1.165, 1.54) is 18.7 Å². The van der Waals surface area contributed by atoms with Crippen molar-refractivity contribution in [1.29, 1.82) is 0 Å². The second-order valence-electron chi connectivity index (χ2n) is 7.16. The molecule has 0 spiro atoms. The van der Waals surface area contributed by atoms with Gasteiger partial charge in [0.2, 0.25) is 5.91 Å². The number of imidazole rings is 1. The van der Waals surface area contributed by atoms with Crippen molar-refractivity contribution in [3.05, 3.63) is 54.4 Å². The Balaban J connectivity index is 1.97. The molecule has 7 heteroatoms. The van der Waals surface area contributed by atoms with Gasteiger partial charge in [-0.05, 0) is 39.1 Å². The molecule has 3 rings (SSSR count). The first-order valence-corrected chi connectivity index (χ1v) is 9.77. The fraction of sp³-hybridized carbons (Fsp3) is 0.286. The van der Waals surface area contributed by atoms with E-state index in [-0.39, 0.29) is 5.91 Å². The molecule has 28 heavy (non-hydrogen) atoms. The lowest BCUT2D eigenvalue weighted by Crippen LogP contribution is -2.47. The number of aliphatic carboxylic acids is 1. The summed E-state index contributed by atoms with van der Waals surface area (Å²) in [5.41, 5.74) is 1.94. The van der Waals surface area contributed by atoms with Gasteiger partial charge in [0.05, 0.1) is 10.4 Å². The molecular formula is C21H23N3O3S. The zero-order valence-electron chi connectivity index (χ0n) is 16.3. The predicted octanol–water partition coefficient (Wildman–Crippen LogP) is 3.79. The average molecular weight is 398 g/mol. The number of hydrogen-bond donors (Lipinski definition) is 2. The Kier molecular flexibility index (Phi) is 5.47. The van der Waals surface area contributed by atoms with Gasteiger partial charge in [-0.15, -0.1) is 0 Å². The van der Waals surface area contributed by atoms with Crippen LogP contribution in [0.25, 0.3) is 16.5 Å². The van der Waals surface area contributed by atoms with E-state index in [0.717, 1.165) is 22.2 Å². The van der Waals surface area contributed by atoms with Crippen molar-refractivity contribution in [2.45, 2.75) is 43.6 Å². The number of benzene rings is 2. The van der Waals surface area contributed by atoms with E-state index in [1.807, 2.05) is 35.8 Å². The number of fused-ring (bicyclic) bond motifs is 1. The number of nitrogens with one attached hydrogen (secondary N) is 1. The molecule has 2 aromatic carbocycles. The van der Waals surface area contributed by atoms with E-state index in [9.17, 15) is 9.59 Å². The maximum Gasteiger partial charge on any atom is 0.325 e. The fourth-order valence-corrected chi connectivity index (χ4v) is 3.94. The molecule has 0 bridgehead atoms. The molecule has 0 saturated heterocycles. The van der Waals surface area contributed by atoms with E-state index in [1.54, 1.807) is 20.0 Å². The standard InChI is InChI=1S/C21H23N3O3S/c1-13-12-22-20(28-21(3,4)19(27)23-14(2)18(25)26)24(13)17-11-7-9-15-8-5-6-10-16(15)17/h5-12,14H,1-4H3,(H,23,27)(H,25,26). The number of rotatable bonds is 6. The lowest BCUT2D eigenvalue weighted by molar-refractivity contribution is -0.141. The summed E-state index contributed by atoms with van der Waals surface area (Å²) in [4.78, 5) is 28.2. The maximum atomic E-state index is 12.6. The number of amides is 1.